The molecule has 1 aromatic rings. The van der Waals surface area contributed by atoms with Crippen molar-refractivity contribution in [1.82, 2.24) is 5.32 Å². The lowest BCUT2D eigenvalue weighted by molar-refractivity contribution is 0.364. The van der Waals surface area contributed by atoms with Crippen LogP contribution in [0.1, 0.15) is 50.8 Å². The highest BCUT2D eigenvalue weighted by Crippen LogP contribution is 2.28. The molecule has 0 aliphatic heterocycles. The number of aryl methyl sites for hydroxylation is 1. The van der Waals surface area contributed by atoms with Gasteiger partial charge in [0.05, 0.1) is 0 Å². The Balaban J connectivity index is 3.07. The highest BCUT2D eigenvalue weighted by molar-refractivity contribution is 5.28. The van der Waals surface area contributed by atoms with Crippen molar-refractivity contribution in [3.05, 3.63) is 34.9 Å². The Morgan fingerprint density at radius 3 is 2.39 bits per heavy atom. The van der Waals surface area contributed by atoms with Crippen LogP contribution < -0.4 is 5.32 Å². The van der Waals surface area contributed by atoms with Gasteiger partial charge in [0.15, 0.2) is 0 Å². The lowest BCUT2D eigenvalue weighted by atomic mass is 9.91. The Morgan fingerprint density at radius 2 is 1.83 bits per heavy atom. The Bertz CT molecular complexity index is 390. The summed E-state index contributed by atoms with van der Waals surface area (Å²) >= 11 is 0. The topological polar surface area (TPSA) is 12.0 Å². The van der Waals surface area contributed by atoms with Gasteiger partial charge in [-0.25, -0.2) is 8.78 Å². The van der Waals surface area contributed by atoms with E-state index in [1.165, 1.54) is 0 Å². The van der Waals surface area contributed by atoms with Crippen molar-refractivity contribution in [2.75, 3.05) is 6.54 Å². The molecule has 0 amide bonds. The first kappa shape index (κ1) is 15.1. The van der Waals surface area contributed by atoms with E-state index in [0.717, 1.165) is 25.5 Å². The first-order valence-electron chi connectivity index (χ1n) is 6.70. The third-order valence-corrected chi connectivity index (χ3v) is 3.44. The molecule has 0 aliphatic carbocycles. The van der Waals surface area contributed by atoms with Gasteiger partial charge in [-0.3, -0.25) is 0 Å². The van der Waals surface area contributed by atoms with Crippen molar-refractivity contribution in [3.8, 4) is 0 Å². The van der Waals surface area contributed by atoms with E-state index in [-0.39, 0.29) is 6.04 Å². The minimum atomic E-state index is -0.477. The molecule has 3 heteroatoms. The van der Waals surface area contributed by atoms with Gasteiger partial charge in [0.2, 0.25) is 0 Å². The molecule has 0 fully saturated rings. The quantitative estimate of drug-likeness (QED) is 0.796. The molecular weight excluding hydrogens is 232 g/mol. The van der Waals surface area contributed by atoms with Gasteiger partial charge >= 0.3 is 0 Å². The highest BCUT2D eigenvalue weighted by Gasteiger charge is 2.21. The summed E-state index contributed by atoms with van der Waals surface area (Å²) in [6, 6.07) is 2.58. The summed E-state index contributed by atoms with van der Waals surface area (Å²) in [6.45, 7) is 8.76. The number of nitrogens with one attached hydrogen (secondary N) is 1. The third-order valence-electron chi connectivity index (χ3n) is 3.44. The van der Waals surface area contributed by atoms with Crippen LogP contribution in [-0.4, -0.2) is 6.54 Å². The normalized spacial score (nSPS) is 14.6. The molecule has 0 aliphatic rings. The molecule has 18 heavy (non-hydrogen) atoms. The Morgan fingerprint density at radius 1 is 1.17 bits per heavy atom. The van der Waals surface area contributed by atoms with E-state index in [4.69, 9.17) is 0 Å². The van der Waals surface area contributed by atoms with Gasteiger partial charge in [0.25, 0.3) is 0 Å². The lowest BCUT2D eigenvalue weighted by Crippen LogP contribution is -2.28. The second-order valence-corrected chi connectivity index (χ2v) is 4.94. The predicted octanol–water partition coefficient (Wildman–Crippen LogP) is 4.36. The monoisotopic (exact) mass is 255 g/mol. The zero-order valence-corrected chi connectivity index (χ0v) is 11.7. The van der Waals surface area contributed by atoms with Crippen LogP contribution >= 0.6 is 0 Å². The molecule has 102 valence electrons. The van der Waals surface area contributed by atoms with Gasteiger partial charge in [-0.1, -0.05) is 27.2 Å². The molecule has 1 nitrogen and oxygen atoms in total. The van der Waals surface area contributed by atoms with Crippen LogP contribution in [0, 0.1) is 24.5 Å². The molecule has 0 heterocycles. The van der Waals surface area contributed by atoms with Crippen molar-refractivity contribution >= 4 is 0 Å². The molecule has 0 spiro atoms. The molecule has 2 atom stereocenters. The van der Waals surface area contributed by atoms with Crippen molar-refractivity contribution in [1.29, 1.82) is 0 Å². The lowest BCUT2D eigenvalue weighted by Gasteiger charge is -2.25. The summed E-state index contributed by atoms with van der Waals surface area (Å²) in [7, 11) is 0. The van der Waals surface area contributed by atoms with E-state index in [9.17, 15) is 8.78 Å². The van der Waals surface area contributed by atoms with Crippen LogP contribution in [0.15, 0.2) is 12.1 Å². The fourth-order valence-electron chi connectivity index (χ4n) is 2.07. The summed E-state index contributed by atoms with van der Waals surface area (Å²) in [6.07, 6.45) is 1.95. The zero-order chi connectivity index (χ0) is 13.7. The number of benzene rings is 1. The van der Waals surface area contributed by atoms with Crippen LogP contribution in [0.5, 0.6) is 0 Å². The van der Waals surface area contributed by atoms with E-state index < -0.39 is 11.6 Å². The second-order valence-electron chi connectivity index (χ2n) is 4.94. The molecule has 0 radical (unpaired) electrons. The third kappa shape index (κ3) is 3.52. The summed E-state index contributed by atoms with van der Waals surface area (Å²) in [5, 5.41) is 3.36. The highest BCUT2D eigenvalue weighted by atomic mass is 19.1. The number of rotatable bonds is 6. The summed E-state index contributed by atoms with van der Waals surface area (Å²) in [5.74, 6) is -0.613. The Hall–Kier alpha value is -0.960. The molecule has 2 unspecified atom stereocenters. The maximum atomic E-state index is 13.9. The maximum absolute atomic E-state index is 13.9. The van der Waals surface area contributed by atoms with Gasteiger partial charge < -0.3 is 5.32 Å². The second kappa shape index (κ2) is 6.83. The molecular formula is C15H23F2N. The minimum absolute atomic E-state index is 0.0470. The van der Waals surface area contributed by atoms with Crippen LogP contribution in [0.25, 0.3) is 0 Å². The van der Waals surface area contributed by atoms with Gasteiger partial charge in [0.1, 0.15) is 11.6 Å². The standard InChI is InChI=1S/C15H23F2N/c1-5-7-18-15(10(3)6-2)12-8-11(4)13(16)9-14(12)17/h8-10,15,18H,5-7H2,1-4H3. The fourth-order valence-corrected chi connectivity index (χ4v) is 2.07. The first-order valence-corrected chi connectivity index (χ1v) is 6.70. The van der Waals surface area contributed by atoms with Crippen LogP contribution in [-0.2, 0) is 0 Å². The average molecular weight is 255 g/mol. The Labute approximate surface area is 109 Å². The number of halogens is 2. The molecule has 0 saturated heterocycles. The largest absolute Gasteiger partial charge is 0.310 e. The molecule has 1 N–H and O–H groups in total. The summed E-state index contributed by atoms with van der Waals surface area (Å²) in [4.78, 5) is 0. The fraction of sp³-hybridized carbons (Fsp3) is 0.600. The zero-order valence-electron chi connectivity index (χ0n) is 11.7. The Kier molecular flexibility index (Phi) is 5.73. The van der Waals surface area contributed by atoms with E-state index in [2.05, 4.69) is 26.1 Å². The van der Waals surface area contributed by atoms with Crippen molar-refractivity contribution in [2.45, 2.75) is 46.6 Å². The van der Waals surface area contributed by atoms with Crippen molar-refractivity contribution in [3.63, 3.8) is 0 Å². The summed E-state index contributed by atoms with van der Waals surface area (Å²) in [5.41, 5.74) is 1.08. The van der Waals surface area contributed by atoms with E-state index in [1.54, 1.807) is 13.0 Å². The smallest absolute Gasteiger partial charge is 0.130 e. The maximum Gasteiger partial charge on any atom is 0.130 e. The van der Waals surface area contributed by atoms with Crippen LogP contribution in [0.2, 0.25) is 0 Å². The van der Waals surface area contributed by atoms with Crippen molar-refractivity contribution in [2.24, 2.45) is 5.92 Å². The molecule has 0 bridgehead atoms. The molecule has 0 aromatic heterocycles. The van der Waals surface area contributed by atoms with Gasteiger partial charge in [-0.2, -0.15) is 0 Å². The van der Waals surface area contributed by atoms with E-state index in [0.29, 0.717) is 17.0 Å². The minimum Gasteiger partial charge on any atom is -0.310 e. The summed E-state index contributed by atoms with van der Waals surface area (Å²) < 4.78 is 27.2. The molecule has 1 rings (SSSR count). The average Bonchev–Trinajstić information content (AvgIpc) is 2.35. The number of hydrogen-bond donors (Lipinski definition) is 1. The number of hydrogen-bond acceptors (Lipinski definition) is 1. The van der Waals surface area contributed by atoms with E-state index >= 15 is 0 Å². The first-order chi connectivity index (χ1) is 8.51. The predicted molar refractivity (Wildman–Crippen MR) is 71.6 cm³/mol. The van der Waals surface area contributed by atoms with Gasteiger partial charge in [0, 0.05) is 17.7 Å². The van der Waals surface area contributed by atoms with Crippen LogP contribution in [0.3, 0.4) is 0 Å². The SMILES string of the molecule is CCCNC(c1cc(C)c(F)cc1F)C(C)CC. The molecule has 0 saturated carbocycles. The van der Waals surface area contributed by atoms with Gasteiger partial charge in [-0.15, -0.1) is 0 Å². The van der Waals surface area contributed by atoms with Crippen LogP contribution in [0.4, 0.5) is 8.78 Å². The van der Waals surface area contributed by atoms with E-state index in [1.807, 2.05) is 0 Å². The van der Waals surface area contributed by atoms with Gasteiger partial charge in [-0.05, 0) is 37.4 Å². The molecule has 1 aromatic carbocycles. The van der Waals surface area contributed by atoms with Crippen molar-refractivity contribution < 1.29 is 8.78 Å².